The number of carboxylic acid groups (broad SMARTS) is 1. The van der Waals surface area contributed by atoms with Gasteiger partial charge in [-0.15, -0.1) is 0 Å². The summed E-state index contributed by atoms with van der Waals surface area (Å²) in [7, 11) is 1.60. The molecule has 1 aliphatic heterocycles. The SMILES string of the molecule is CN1C(=O)C[C@@H](C(=O)O)[C@H]1c1ccc(Cl)c(Cl)c1. The van der Waals surface area contributed by atoms with Crippen LogP contribution in [0.3, 0.4) is 0 Å². The first kappa shape index (κ1) is 13.2. The van der Waals surface area contributed by atoms with E-state index in [1.165, 1.54) is 4.90 Å². The van der Waals surface area contributed by atoms with E-state index in [9.17, 15) is 9.59 Å². The van der Waals surface area contributed by atoms with E-state index in [1.807, 2.05) is 0 Å². The van der Waals surface area contributed by atoms with Gasteiger partial charge in [-0.2, -0.15) is 0 Å². The molecular weight excluding hydrogens is 277 g/mol. The number of nitrogens with zero attached hydrogens (tertiary/aromatic N) is 1. The van der Waals surface area contributed by atoms with Crippen LogP contribution in [0.2, 0.25) is 10.0 Å². The topological polar surface area (TPSA) is 57.6 Å². The van der Waals surface area contributed by atoms with E-state index in [1.54, 1.807) is 25.2 Å². The zero-order chi connectivity index (χ0) is 13.4. The van der Waals surface area contributed by atoms with E-state index in [2.05, 4.69) is 0 Å². The molecule has 1 aromatic carbocycles. The third kappa shape index (κ3) is 2.18. The van der Waals surface area contributed by atoms with Gasteiger partial charge < -0.3 is 10.0 Å². The predicted octanol–water partition coefficient (Wildman–Crippen LogP) is 2.60. The van der Waals surface area contributed by atoms with Crippen LogP contribution in [0.1, 0.15) is 18.0 Å². The predicted molar refractivity (Wildman–Crippen MR) is 67.7 cm³/mol. The second-order valence-electron chi connectivity index (χ2n) is 4.27. The fourth-order valence-corrected chi connectivity index (χ4v) is 2.55. The lowest BCUT2D eigenvalue weighted by atomic mass is 9.94. The number of carbonyl (C=O) groups excluding carboxylic acids is 1. The number of carboxylic acids is 1. The molecule has 2 atom stereocenters. The Balaban J connectivity index is 2.42. The monoisotopic (exact) mass is 287 g/mol. The fraction of sp³-hybridized carbons (Fsp3) is 0.333. The van der Waals surface area contributed by atoms with E-state index < -0.39 is 17.9 Å². The van der Waals surface area contributed by atoms with Crippen molar-refractivity contribution in [1.82, 2.24) is 4.90 Å². The maximum absolute atomic E-state index is 11.6. The number of benzene rings is 1. The molecule has 1 heterocycles. The Hall–Kier alpha value is -1.26. The summed E-state index contributed by atoms with van der Waals surface area (Å²) in [5.41, 5.74) is 0.685. The average molecular weight is 288 g/mol. The number of aliphatic carboxylic acids is 1. The molecule has 0 aromatic heterocycles. The van der Waals surface area contributed by atoms with Gasteiger partial charge in [0, 0.05) is 13.5 Å². The number of hydrogen-bond acceptors (Lipinski definition) is 2. The number of amides is 1. The molecule has 0 bridgehead atoms. The van der Waals surface area contributed by atoms with E-state index in [4.69, 9.17) is 28.3 Å². The molecule has 1 aliphatic rings. The lowest BCUT2D eigenvalue weighted by molar-refractivity contribution is -0.142. The van der Waals surface area contributed by atoms with Crippen LogP contribution in [-0.4, -0.2) is 28.9 Å². The first-order valence-corrected chi connectivity index (χ1v) is 6.11. The van der Waals surface area contributed by atoms with Crippen molar-refractivity contribution in [2.45, 2.75) is 12.5 Å². The van der Waals surface area contributed by atoms with E-state index in [0.717, 1.165) is 0 Å². The summed E-state index contributed by atoms with van der Waals surface area (Å²) in [6, 6.07) is 4.42. The van der Waals surface area contributed by atoms with Gasteiger partial charge in [0.05, 0.1) is 22.0 Å². The third-order valence-electron chi connectivity index (χ3n) is 3.19. The van der Waals surface area contributed by atoms with Gasteiger partial charge in [-0.3, -0.25) is 9.59 Å². The summed E-state index contributed by atoms with van der Waals surface area (Å²) >= 11 is 11.7. The van der Waals surface area contributed by atoms with Crippen LogP contribution in [0.4, 0.5) is 0 Å². The summed E-state index contributed by atoms with van der Waals surface area (Å²) in [6.07, 6.45) is 0.0107. The van der Waals surface area contributed by atoms with Crippen molar-refractivity contribution in [2.75, 3.05) is 7.05 Å². The van der Waals surface area contributed by atoms with Gasteiger partial charge in [0.25, 0.3) is 0 Å². The van der Waals surface area contributed by atoms with Crippen molar-refractivity contribution in [3.8, 4) is 0 Å². The van der Waals surface area contributed by atoms with Crippen molar-refractivity contribution in [1.29, 1.82) is 0 Å². The summed E-state index contributed by atoms with van der Waals surface area (Å²) in [4.78, 5) is 24.3. The molecular formula is C12H11Cl2NO3. The molecule has 4 nitrogen and oxygen atoms in total. The Kier molecular flexibility index (Phi) is 3.50. The molecule has 18 heavy (non-hydrogen) atoms. The second-order valence-corrected chi connectivity index (χ2v) is 5.09. The smallest absolute Gasteiger partial charge is 0.309 e. The van der Waals surface area contributed by atoms with Gasteiger partial charge in [0.1, 0.15) is 0 Å². The van der Waals surface area contributed by atoms with Gasteiger partial charge in [-0.1, -0.05) is 29.3 Å². The zero-order valence-electron chi connectivity index (χ0n) is 9.56. The highest BCUT2D eigenvalue weighted by molar-refractivity contribution is 6.42. The largest absolute Gasteiger partial charge is 0.481 e. The van der Waals surface area contributed by atoms with Crippen LogP contribution >= 0.6 is 23.2 Å². The molecule has 1 amide bonds. The van der Waals surface area contributed by atoms with Gasteiger partial charge >= 0.3 is 5.97 Å². The lowest BCUT2D eigenvalue weighted by Crippen LogP contribution is -2.26. The number of rotatable bonds is 2. The van der Waals surface area contributed by atoms with Gasteiger partial charge in [-0.25, -0.2) is 0 Å². The van der Waals surface area contributed by atoms with Crippen molar-refractivity contribution >= 4 is 35.1 Å². The van der Waals surface area contributed by atoms with Crippen LogP contribution in [0, 0.1) is 5.92 Å². The first-order chi connectivity index (χ1) is 8.41. The van der Waals surface area contributed by atoms with Crippen molar-refractivity contribution in [3.63, 3.8) is 0 Å². The van der Waals surface area contributed by atoms with E-state index in [0.29, 0.717) is 15.6 Å². The number of carbonyl (C=O) groups is 2. The molecule has 1 aromatic rings. The minimum absolute atomic E-state index is 0.0107. The molecule has 0 unspecified atom stereocenters. The number of hydrogen-bond donors (Lipinski definition) is 1. The summed E-state index contributed by atoms with van der Waals surface area (Å²) < 4.78 is 0. The Morgan fingerprint density at radius 2 is 2.06 bits per heavy atom. The zero-order valence-corrected chi connectivity index (χ0v) is 11.1. The van der Waals surface area contributed by atoms with Crippen LogP contribution in [-0.2, 0) is 9.59 Å². The molecule has 1 N–H and O–H groups in total. The average Bonchev–Trinajstić information content (AvgIpc) is 2.60. The van der Waals surface area contributed by atoms with Gasteiger partial charge in [-0.05, 0) is 17.7 Å². The lowest BCUT2D eigenvalue weighted by Gasteiger charge is -2.23. The summed E-state index contributed by atoms with van der Waals surface area (Å²) in [5.74, 6) is -1.91. The van der Waals surface area contributed by atoms with Crippen LogP contribution < -0.4 is 0 Å². The standard InChI is InChI=1S/C12H11Cl2NO3/c1-15-10(16)5-7(12(17)18)11(15)6-2-3-8(13)9(14)4-6/h2-4,7,11H,5H2,1H3,(H,17,18)/t7-,11-/m1/s1. The molecule has 6 heteroatoms. The fourth-order valence-electron chi connectivity index (χ4n) is 2.24. The van der Waals surface area contributed by atoms with Gasteiger partial charge in [0.2, 0.25) is 5.91 Å². The molecule has 96 valence electrons. The summed E-state index contributed by atoms with van der Waals surface area (Å²) in [5, 5.41) is 9.92. The molecule has 0 radical (unpaired) electrons. The van der Waals surface area contributed by atoms with Crippen molar-refractivity contribution < 1.29 is 14.7 Å². The molecule has 1 fully saturated rings. The minimum atomic E-state index is -0.983. The molecule has 0 spiro atoms. The Morgan fingerprint density at radius 1 is 1.39 bits per heavy atom. The van der Waals surface area contributed by atoms with Crippen LogP contribution in [0.25, 0.3) is 0 Å². The van der Waals surface area contributed by atoms with E-state index in [-0.39, 0.29) is 12.3 Å². The number of likely N-dealkylation sites (tertiary alicyclic amines) is 1. The highest BCUT2D eigenvalue weighted by Crippen LogP contribution is 2.38. The third-order valence-corrected chi connectivity index (χ3v) is 3.93. The molecule has 0 saturated carbocycles. The molecule has 2 rings (SSSR count). The van der Waals surface area contributed by atoms with Crippen LogP contribution in [0.15, 0.2) is 18.2 Å². The Labute approximate surface area is 114 Å². The van der Waals surface area contributed by atoms with Crippen LogP contribution in [0.5, 0.6) is 0 Å². The quantitative estimate of drug-likeness (QED) is 0.910. The molecule has 1 saturated heterocycles. The first-order valence-electron chi connectivity index (χ1n) is 5.35. The molecule has 0 aliphatic carbocycles. The second kappa shape index (κ2) is 4.78. The highest BCUT2D eigenvalue weighted by Gasteiger charge is 2.42. The van der Waals surface area contributed by atoms with Crippen molar-refractivity contribution in [3.05, 3.63) is 33.8 Å². The maximum atomic E-state index is 11.6. The van der Waals surface area contributed by atoms with Crippen molar-refractivity contribution in [2.24, 2.45) is 5.92 Å². The summed E-state index contributed by atoms with van der Waals surface area (Å²) in [6.45, 7) is 0. The number of halogens is 2. The Morgan fingerprint density at radius 3 is 2.61 bits per heavy atom. The van der Waals surface area contributed by atoms with Gasteiger partial charge in [0.15, 0.2) is 0 Å². The van der Waals surface area contributed by atoms with E-state index >= 15 is 0 Å². The minimum Gasteiger partial charge on any atom is -0.481 e. The Bertz CT molecular complexity index is 518. The normalized spacial score (nSPS) is 23.5. The highest BCUT2D eigenvalue weighted by atomic mass is 35.5. The maximum Gasteiger partial charge on any atom is 0.309 e.